The van der Waals surface area contributed by atoms with Gasteiger partial charge in [-0.3, -0.25) is 4.79 Å². The van der Waals surface area contributed by atoms with Crippen molar-refractivity contribution in [1.29, 1.82) is 0 Å². The number of H-pyrrole nitrogens is 1. The van der Waals surface area contributed by atoms with Crippen LogP contribution in [0.25, 0.3) is 11.1 Å². The second-order valence-electron chi connectivity index (χ2n) is 5.62. The number of anilines is 1. The number of nitrogen functional groups attached to an aromatic ring is 1. The Balaban J connectivity index is 2.85. The Morgan fingerprint density at radius 1 is 1.16 bits per heavy atom. The average molecular weight is 346 g/mol. The first-order valence-corrected chi connectivity index (χ1v) is 7.46. The topological polar surface area (TPSA) is 143 Å². The van der Waals surface area contributed by atoms with E-state index in [2.05, 4.69) is 4.98 Å². The van der Waals surface area contributed by atoms with Gasteiger partial charge in [-0.05, 0) is 25.0 Å². The van der Waals surface area contributed by atoms with Crippen LogP contribution in [0.15, 0.2) is 29.1 Å². The molecule has 1 aromatic carbocycles. The lowest BCUT2D eigenvalue weighted by molar-refractivity contribution is 0.0656. The number of pyridine rings is 1. The monoisotopic (exact) mass is 346 g/mol. The molecule has 0 unspecified atom stereocenters. The van der Waals surface area contributed by atoms with Gasteiger partial charge in [0.15, 0.2) is 0 Å². The zero-order valence-electron chi connectivity index (χ0n) is 13.7. The molecular formula is C17H18N2O6. The Hall–Kier alpha value is -3.13. The molecule has 0 fully saturated rings. The molecule has 0 amide bonds. The summed E-state index contributed by atoms with van der Waals surface area (Å²) in [5, 5.41) is 18.9. The predicted octanol–water partition coefficient (Wildman–Crippen LogP) is 1.95. The number of hydrogen-bond donors (Lipinski definition) is 4. The number of nitrogens with two attached hydrogens (primary N) is 1. The van der Waals surface area contributed by atoms with Gasteiger partial charge in [0.2, 0.25) is 0 Å². The average Bonchev–Trinajstić information content (AvgIpc) is 2.51. The van der Waals surface area contributed by atoms with Crippen LogP contribution in [0.5, 0.6) is 0 Å². The van der Waals surface area contributed by atoms with Gasteiger partial charge in [0.05, 0.1) is 12.7 Å². The molecule has 0 aliphatic carbocycles. The molecule has 5 N–H and O–H groups in total. The molecule has 0 radical (unpaired) electrons. The van der Waals surface area contributed by atoms with E-state index in [0.29, 0.717) is 5.56 Å². The van der Waals surface area contributed by atoms with Crippen molar-refractivity contribution in [3.8, 4) is 11.1 Å². The lowest BCUT2D eigenvalue weighted by Crippen LogP contribution is -2.24. The number of ether oxygens (including phenoxy) is 1. The Morgan fingerprint density at radius 2 is 1.76 bits per heavy atom. The summed E-state index contributed by atoms with van der Waals surface area (Å²) >= 11 is 0. The molecule has 0 spiro atoms. The first kappa shape index (κ1) is 18.2. The van der Waals surface area contributed by atoms with E-state index < -0.39 is 34.4 Å². The second-order valence-corrected chi connectivity index (χ2v) is 5.62. The van der Waals surface area contributed by atoms with E-state index in [4.69, 9.17) is 10.5 Å². The highest BCUT2D eigenvalue weighted by atomic mass is 16.5. The molecule has 0 aliphatic heterocycles. The van der Waals surface area contributed by atoms with Crippen LogP contribution >= 0.6 is 0 Å². The van der Waals surface area contributed by atoms with Crippen LogP contribution in [0.2, 0.25) is 0 Å². The third-order valence-corrected chi connectivity index (χ3v) is 3.53. The summed E-state index contributed by atoms with van der Waals surface area (Å²) < 4.78 is 5.54. The largest absolute Gasteiger partial charge is 0.478 e. The maximum absolute atomic E-state index is 12.1. The van der Waals surface area contributed by atoms with Crippen molar-refractivity contribution in [2.75, 3.05) is 5.73 Å². The Morgan fingerprint density at radius 3 is 2.32 bits per heavy atom. The van der Waals surface area contributed by atoms with Gasteiger partial charge in [0.25, 0.3) is 5.56 Å². The summed E-state index contributed by atoms with van der Waals surface area (Å²) in [4.78, 5) is 37.4. The normalized spacial score (nSPS) is 10.8. The number of aromatic carboxylic acids is 2. The fraction of sp³-hybridized carbons (Fsp3) is 0.235. The number of carboxylic acid groups (broad SMARTS) is 2. The maximum Gasteiger partial charge on any atom is 0.342 e. The molecular weight excluding hydrogens is 328 g/mol. The van der Waals surface area contributed by atoms with E-state index in [1.807, 2.05) is 13.8 Å². The zero-order valence-corrected chi connectivity index (χ0v) is 13.7. The van der Waals surface area contributed by atoms with Crippen molar-refractivity contribution in [2.24, 2.45) is 0 Å². The number of benzene rings is 1. The van der Waals surface area contributed by atoms with Crippen molar-refractivity contribution in [3.05, 3.63) is 51.3 Å². The van der Waals surface area contributed by atoms with Crippen LogP contribution in [-0.4, -0.2) is 33.2 Å². The third-order valence-electron chi connectivity index (χ3n) is 3.53. The molecule has 132 valence electrons. The lowest BCUT2D eigenvalue weighted by atomic mass is 9.92. The Labute approximate surface area is 142 Å². The van der Waals surface area contributed by atoms with E-state index in [1.54, 1.807) is 18.2 Å². The summed E-state index contributed by atoms with van der Waals surface area (Å²) in [5.41, 5.74) is 4.12. The zero-order chi connectivity index (χ0) is 18.7. The van der Waals surface area contributed by atoms with Crippen LogP contribution in [-0.2, 0) is 11.3 Å². The fourth-order valence-electron chi connectivity index (χ4n) is 2.46. The van der Waals surface area contributed by atoms with Crippen molar-refractivity contribution in [2.45, 2.75) is 26.6 Å². The van der Waals surface area contributed by atoms with Crippen LogP contribution in [0.3, 0.4) is 0 Å². The predicted molar refractivity (Wildman–Crippen MR) is 90.8 cm³/mol. The lowest BCUT2D eigenvalue weighted by Gasteiger charge is -2.16. The SMILES string of the molecule is CC(C)OCc1ccccc1-c1c(C(=O)O)c(N)[nH]c(=O)c1C(=O)O. The van der Waals surface area contributed by atoms with E-state index in [0.717, 1.165) is 0 Å². The standard InChI is InChI=1S/C17H18N2O6/c1-8(2)25-7-9-5-3-4-6-10(9)11-12(16(21)22)14(18)19-15(20)13(11)17(23)24/h3-6,8H,7H2,1-2H3,(H,21,22)(H,23,24)(H3,18,19,20). The minimum atomic E-state index is -1.54. The van der Waals surface area contributed by atoms with Gasteiger partial charge >= 0.3 is 11.9 Å². The second kappa shape index (κ2) is 7.18. The van der Waals surface area contributed by atoms with Crippen LogP contribution in [0.1, 0.15) is 40.1 Å². The molecule has 0 saturated heterocycles. The van der Waals surface area contributed by atoms with E-state index in [1.165, 1.54) is 6.07 Å². The quantitative estimate of drug-likeness (QED) is 0.626. The third kappa shape index (κ3) is 3.69. The number of hydrogen-bond acceptors (Lipinski definition) is 5. The summed E-state index contributed by atoms with van der Waals surface area (Å²) in [6, 6.07) is 6.53. The van der Waals surface area contributed by atoms with Gasteiger partial charge in [-0.25, -0.2) is 9.59 Å². The Bertz CT molecular complexity index is 885. The summed E-state index contributed by atoms with van der Waals surface area (Å²) in [6.07, 6.45) is -0.0878. The van der Waals surface area contributed by atoms with Gasteiger partial charge in [0, 0.05) is 5.56 Å². The van der Waals surface area contributed by atoms with Gasteiger partial charge in [0.1, 0.15) is 16.9 Å². The number of carboxylic acids is 2. The minimum absolute atomic E-state index is 0.0878. The van der Waals surface area contributed by atoms with Crippen molar-refractivity contribution in [1.82, 2.24) is 4.98 Å². The van der Waals surface area contributed by atoms with Crippen LogP contribution in [0.4, 0.5) is 5.82 Å². The summed E-state index contributed by atoms with van der Waals surface area (Å²) in [5.74, 6) is -3.39. The van der Waals surface area contributed by atoms with Gasteiger partial charge in [-0.1, -0.05) is 24.3 Å². The molecule has 8 heteroatoms. The first-order chi connectivity index (χ1) is 11.7. The molecule has 1 heterocycles. The van der Waals surface area contributed by atoms with E-state index in [9.17, 15) is 24.6 Å². The van der Waals surface area contributed by atoms with Gasteiger partial charge in [-0.15, -0.1) is 0 Å². The molecule has 2 aromatic rings. The molecule has 0 aliphatic rings. The summed E-state index contributed by atoms with van der Waals surface area (Å²) in [6.45, 7) is 3.79. The molecule has 0 atom stereocenters. The number of aromatic nitrogens is 1. The smallest absolute Gasteiger partial charge is 0.342 e. The fourth-order valence-corrected chi connectivity index (χ4v) is 2.46. The minimum Gasteiger partial charge on any atom is -0.478 e. The van der Waals surface area contributed by atoms with E-state index >= 15 is 0 Å². The number of nitrogens with one attached hydrogen (secondary N) is 1. The number of aromatic amines is 1. The van der Waals surface area contributed by atoms with Crippen molar-refractivity contribution >= 4 is 17.8 Å². The highest BCUT2D eigenvalue weighted by molar-refractivity contribution is 6.07. The molecule has 8 nitrogen and oxygen atoms in total. The molecule has 25 heavy (non-hydrogen) atoms. The highest BCUT2D eigenvalue weighted by Gasteiger charge is 2.27. The molecule has 0 bridgehead atoms. The first-order valence-electron chi connectivity index (χ1n) is 7.46. The molecule has 1 aromatic heterocycles. The van der Waals surface area contributed by atoms with Crippen LogP contribution < -0.4 is 11.3 Å². The maximum atomic E-state index is 12.1. The van der Waals surface area contributed by atoms with Gasteiger partial charge in [-0.2, -0.15) is 0 Å². The summed E-state index contributed by atoms with van der Waals surface area (Å²) in [7, 11) is 0. The molecule has 0 saturated carbocycles. The van der Waals surface area contributed by atoms with Gasteiger partial charge < -0.3 is 25.7 Å². The van der Waals surface area contributed by atoms with Crippen molar-refractivity contribution < 1.29 is 24.5 Å². The number of rotatable bonds is 6. The Kier molecular flexibility index (Phi) is 5.23. The van der Waals surface area contributed by atoms with Crippen molar-refractivity contribution in [3.63, 3.8) is 0 Å². The van der Waals surface area contributed by atoms with E-state index in [-0.39, 0.29) is 23.8 Å². The molecule has 2 rings (SSSR count). The van der Waals surface area contributed by atoms with Crippen LogP contribution in [0, 0.1) is 0 Å². The number of carbonyl (C=O) groups is 2. The highest BCUT2D eigenvalue weighted by Crippen LogP contribution is 2.32.